The van der Waals surface area contributed by atoms with Gasteiger partial charge in [0.15, 0.2) is 5.65 Å². The molecule has 2 heterocycles. The number of alkyl halides is 3. The lowest BCUT2D eigenvalue weighted by molar-refractivity contribution is -0.134. The van der Waals surface area contributed by atoms with E-state index in [1.165, 1.54) is 0 Å². The monoisotopic (exact) mass is 258 g/mol. The van der Waals surface area contributed by atoms with Crippen LogP contribution in [0.25, 0.3) is 5.65 Å². The molecule has 0 spiro atoms. The number of anilines is 1. The molecule has 0 amide bonds. The lowest BCUT2D eigenvalue weighted by Gasteiger charge is -2.05. The lowest BCUT2D eigenvalue weighted by Crippen LogP contribution is -2.11. The predicted molar refractivity (Wildman–Crippen MR) is 61.5 cm³/mol. The fourth-order valence-electron chi connectivity index (χ4n) is 1.60. The van der Waals surface area contributed by atoms with Gasteiger partial charge < -0.3 is 5.32 Å². The van der Waals surface area contributed by atoms with Gasteiger partial charge in [0.25, 0.3) is 0 Å². The van der Waals surface area contributed by atoms with Gasteiger partial charge in [-0.2, -0.15) is 18.2 Å². The van der Waals surface area contributed by atoms with E-state index in [-0.39, 0.29) is 13.0 Å². The van der Waals surface area contributed by atoms with Crippen molar-refractivity contribution in [3.05, 3.63) is 23.9 Å². The van der Waals surface area contributed by atoms with Crippen molar-refractivity contribution >= 4 is 11.6 Å². The first-order valence-electron chi connectivity index (χ1n) is 5.58. The molecule has 0 aliphatic carbocycles. The number of hydrogen-bond acceptors (Lipinski definition) is 3. The van der Waals surface area contributed by atoms with E-state index in [0.29, 0.717) is 11.6 Å². The van der Waals surface area contributed by atoms with Crippen LogP contribution in [0.4, 0.5) is 19.1 Å². The van der Waals surface area contributed by atoms with Crippen LogP contribution in [-0.2, 0) is 0 Å². The van der Waals surface area contributed by atoms with E-state index in [1.54, 1.807) is 10.7 Å². The molecule has 0 unspecified atom stereocenters. The molecule has 0 aliphatic heterocycles. The Balaban J connectivity index is 1.94. The predicted octanol–water partition coefficient (Wildman–Crippen LogP) is 2.79. The van der Waals surface area contributed by atoms with Gasteiger partial charge in [0.2, 0.25) is 5.95 Å². The van der Waals surface area contributed by atoms with Gasteiger partial charge >= 0.3 is 6.18 Å². The highest BCUT2D eigenvalue weighted by atomic mass is 19.4. The third kappa shape index (κ3) is 3.12. The Labute approximate surface area is 102 Å². The molecule has 0 radical (unpaired) electrons. The minimum atomic E-state index is -4.11. The van der Waals surface area contributed by atoms with Crippen LogP contribution >= 0.6 is 0 Å². The number of rotatable bonds is 4. The summed E-state index contributed by atoms with van der Waals surface area (Å²) in [4.78, 5) is 4.21. The number of fused-ring (bicyclic) bond motifs is 1. The van der Waals surface area contributed by atoms with Crippen LogP contribution in [0.5, 0.6) is 0 Å². The molecule has 0 bridgehead atoms. The van der Waals surface area contributed by atoms with Gasteiger partial charge in [-0.25, -0.2) is 4.52 Å². The normalized spacial score (nSPS) is 12.0. The summed E-state index contributed by atoms with van der Waals surface area (Å²) in [7, 11) is 0. The quantitative estimate of drug-likeness (QED) is 0.857. The van der Waals surface area contributed by atoms with Crippen LogP contribution in [0.3, 0.4) is 0 Å². The molecule has 0 fully saturated rings. The number of nitrogens with one attached hydrogen (secondary N) is 1. The summed E-state index contributed by atoms with van der Waals surface area (Å²) < 4.78 is 37.4. The first-order valence-corrected chi connectivity index (χ1v) is 5.58. The number of nitrogens with zero attached hydrogens (tertiary/aromatic N) is 3. The summed E-state index contributed by atoms with van der Waals surface area (Å²) in [5.41, 5.74) is 1.67. The van der Waals surface area contributed by atoms with Crippen molar-refractivity contribution in [2.45, 2.75) is 25.9 Å². The van der Waals surface area contributed by atoms with E-state index < -0.39 is 12.6 Å². The molecule has 0 aromatic carbocycles. The van der Waals surface area contributed by atoms with Crippen molar-refractivity contribution in [2.24, 2.45) is 0 Å². The molecule has 2 aromatic heterocycles. The van der Waals surface area contributed by atoms with Crippen LogP contribution < -0.4 is 5.32 Å². The second-order valence-corrected chi connectivity index (χ2v) is 4.04. The zero-order valence-electron chi connectivity index (χ0n) is 9.83. The Morgan fingerprint density at radius 3 is 2.83 bits per heavy atom. The Morgan fingerprint density at radius 1 is 1.39 bits per heavy atom. The van der Waals surface area contributed by atoms with E-state index in [2.05, 4.69) is 15.4 Å². The molecule has 0 aliphatic rings. The third-order valence-corrected chi connectivity index (χ3v) is 2.48. The molecule has 2 rings (SSSR count). The largest absolute Gasteiger partial charge is 0.389 e. The summed E-state index contributed by atoms with van der Waals surface area (Å²) in [6, 6.07) is 3.74. The minimum Gasteiger partial charge on any atom is -0.353 e. The fourth-order valence-corrected chi connectivity index (χ4v) is 1.60. The van der Waals surface area contributed by atoms with E-state index >= 15 is 0 Å². The number of aromatic nitrogens is 3. The second kappa shape index (κ2) is 4.83. The summed E-state index contributed by atoms with van der Waals surface area (Å²) in [6.07, 6.45) is -3.15. The molecule has 18 heavy (non-hydrogen) atoms. The van der Waals surface area contributed by atoms with Crippen LogP contribution in [0.1, 0.15) is 18.4 Å². The first kappa shape index (κ1) is 12.7. The molecule has 0 atom stereocenters. The maximum atomic E-state index is 11.9. The number of pyridine rings is 1. The summed E-state index contributed by atoms with van der Waals surface area (Å²) in [5.74, 6) is 0.353. The molecular weight excluding hydrogens is 245 g/mol. The third-order valence-electron chi connectivity index (χ3n) is 2.48. The van der Waals surface area contributed by atoms with Crippen molar-refractivity contribution < 1.29 is 13.2 Å². The van der Waals surface area contributed by atoms with Gasteiger partial charge in [-0.3, -0.25) is 0 Å². The van der Waals surface area contributed by atoms with Crippen LogP contribution in [-0.4, -0.2) is 27.3 Å². The molecule has 7 heteroatoms. The average molecular weight is 258 g/mol. The van der Waals surface area contributed by atoms with Gasteiger partial charge in [-0.1, -0.05) is 6.07 Å². The number of halogens is 3. The molecule has 4 nitrogen and oxygen atoms in total. The van der Waals surface area contributed by atoms with Crippen LogP contribution in [0.15, 0.2) is 18.3 Å². The van der Waals surface area contributed by atoms with Crippen LogP contribution in [0.2, 0.25) is 0 Å². The highest BCUT2D eigenvalue weighted by Crippen LogP contribution is 2.21. The van der Waals surface area contributed by atoms with Crippen molar-refractivity contribution in [3.63, 3.8) is 0 Å². The number of hydrogen-bond donors (Lipinski definition) is 1. The zero-order valence-corrected chi connectivity index (χ0v) is 9.83. The summed E-state index contributed by atoms with van der Waals surface area (Å²) in [5, 5.41) is 6.91. The first-order chi connectivity index (χ1) is 8.46. The van der Waals surface area contributed by atoms with Gasteiger partial charge in [0.05, 0.1) is 0 Å². The van der Waals surface area contributed by atoms with E-state index in [0.717, 1.165) is 5.56 Å². The van der Waals surface area contributed by atoms with Crippen molar-refractivity contribution in [3.8, 4) is 0 Å². The van der Waals surface area contributed by atoms with Crippen molar-refractivity contribution in [1.29, 1.82) is 0 Å². The smallest absolute Gasteiger partial charge is 0.353 e. The topological polar surface area (TPSA) is 42.2 Å². The highest BCUT2D eigenvalue weighted by Gasteiger charge is 2.25. The minimum absolute atomic E-state index is 0.0119. The fraction of sp³-hybridized carbons (Fsp3) is 0.455. The molecule has 0 saturated carbocycles. The molecule has 0 saturated heterocycles. The Kier molecular flexibility index (Phi) is 3.40. The maximum Gasteiger partial charge on any atom is 0.389 e. The second-order valence-electron chi connectivity index (χ2n) is 4.04. The summed E-state index contributed by atoms with van der Waals surface area (Å²) in [6.45, 7) is 2.10. The lowest BCUT2D eigenvalue weighted by atomic mass is 10.3. The molecule has 2 aromatic rings. The average Bonchev–Trinajstić information content (AvgIpc) is 2.68. The van der Waals surface area contributed by atoms with Crippen LogP contribution in [0, 0.1) is 6.92 Å². The van der Waals surface area contributed by atoms with Crippen molar-refractivity contribution in [1.82, 2.24) is 14.6 Å². The molecular formula is C11H13F3N4. The number of aryl methyl sites for hydroxylation is 1. The Hall–Kier alpha value is -1.79. The summed E-state index contributed by atoms with van der Waals surface area (Å²) >= 11 is 0. The van der Waals surface area contributed by atoms with E-state index in [4.69, 9.17) is 0 Å². The Bertz CT molecular complexity index is 533. The van der Waals surface area contributed by atoms with Gasteiger partial charge in [0, 0.05) is 19.2 Å². The van der Waals surface area contributed by atoms with E-state index in [9.17, 15) is 13.2 Å². The Morgan fingerprint density at radius 2 is 2.17 bits per heavy atom. The molecule has 1 N–H and O–H groups in total. The highest BCUT2D eigenvalue weighted by molar-refractivity contribution is 5.49. The maximum absolute atomic E-state index is 11.9. The van der Waals surface area contributed by atoms with E-state index in [1.807, 2.05) is 19.1 Å². The zero-order chi connectivity index (χ0) is 13.2. The van der Waals surface area contributed by atoms with Gasteiger partial charge in [-0.15, -0.1) is 5.10 Å². The van der Waals surface area contributed by atoms with Crippen molar-refractivity contribution in [2.75, 3.05) is 11.9 Å². The van der Waals surface area contributed by atoms with Gasteiger partial charge in [-0.05, 0) is 25.0 Å². The molecule has 98 valence electrons. The standard InChI is InChI=1S/C11H13F3N4/c1-8-4-2-7-18-9(8)16-10(17-18)15-6-3-5-11(12,13)14/h2,4,7H,3,5-6H2,1H3,(H,15,17). The SMILES string of the molecule is Cc1cccn2nc(NCCCC(F)(F)F)nc12. The van der Waals surface area contributed by atoms with Gasteiger partial charge in [0.1, 0.15) is 0 Å².